The first-order valence-electron chi connectivity index (χ1n) is 5.74. The lowest BCUT2D eigenvalue weighted by atomic mass is 10.1. The summed E-state index contributed by atoms with van der Waals surface area (Å²) in [6.45, 7) is 3.45. The van der Waals surface area contributed by atoms with Crippen molar-refractivity contribution in [1.29, 1.82) is 0 Å². The number of nitrogens with zero attached hydrogens (tertiary/aromatic N) is 2. The smallest absolute Gasteiger partial charge is 0.0931 e. The van der Waals surface area contributed by atoms with Crippen molar-refractivity contribution in [2.24, 2.45) is 0 Å². The van der Waals surface area contributed by atoms with Gasteiger partial charge in [0.15, 0.2) is 0 Å². The van der Waals surface area contributed by atoms with Crippen molar-refractivity contribution in [2.75, 3.05) is 18.0 Å². The topological polar surface area (TPSA) is 56.6 Å². The first-order valence-corrected chi connectivity index (χ1v) is 5.74. The van der Waals surface area contributed by atoms with Crippen LogP contribution in [-0.4, -0.2) is 34.4 Å². The molecule has 1 aromatic rings. The van der Waals surface area contributed by atoms with E-state index in [1.165, 1.54) is 0 Å². The highest BCUT2D eigenvalue weighted by Gasteiger charge is 2.17. The summed E-state index contributed by atoms with van der Waals surface area (Å²) in [5, 5.41) is 18.8. The van der Waals surface area contributed by atoms with Crippen LogP contribution in [0.5, 0.6) is 0 Å². The molecule has 4 heteroatoms. The monoisotopic (exact) mass is 222 g/mol. The van der Waals surface area contributed by atoms with Crippen LogP contribution >= 0.6 is 0 Å². The highest BCUT2D eigenvalue weighted by Crippen LogP contribution is 2.20. The molecule has 0 unspecified atom stereocenters. The quantitative estimate of drug-likeness (QED) is 0.786. The SMILES string of the molecule is C[C@@H](O)c1ccc(N2CCC(O)CC2)cn1. The minimum absolute atomic E-state index is 0.152. The van der Waals surface area contributed by atoms with Crippen molar-refractivity contribution in [3.8, 4) is 0 Å². The van der Waals surface area contributed by atoms with Crippen LogP contribution in [0.2, 0.25) is 0 Å². The minimum Gasteiger partial charge on any atom is -0.393 e. The van der Waals surface area contributed by atoms with Gasteiger partial charge in [-0.1, -0.05) is 0 Å². The fraction of sp³-hybridized carbons (Fsp3) is 0.583. The zero-order valence-electron chi connectivity index (χ0n) is 9.50. The molecule has 0 bridgehead atoms. The number of aromatic nitrogens is 1. The van der Waals surface area contributed by atoms with Crippen LogP contribution in [-0.2, 0) is 0 Å². The van der Waals surface area contributed by atoms with E-state index in [4.69, 9.17) is 0 Å². The van der Waals surface area contributed by atoms with Crippen molar-refractivity contribution >= 4 is 5.69 Å². The molecule has 4 nitrogen and oxygen atoms in total. The van der Waals surface area contributed by atoms with Gasteiger partial charge in [0.2, 0.25) is 0 Å². The number of anilines is 1. The molecule has 0 aliphatic carbocycles. The lowest BCUT2D eigenvalue weighted by Crippen LogP contribution is -2.35. The van der Waals surface area contributed by atoms with Gasteiger partial charge in [-0.15, -0.1) is 0 Å². The summed E-state index contributed by atoms with van der Waals surface area (Å²) in [4.78, 5) is 6.43. The van der Waals surface area contributed by atoms with E-state index in [-0.39, 0.29) is 6.10 Å². The maximum Gasteiger partial charge on any atom is 0.0931 e. The Morgan fingerprint density at radius 1 is 1.38 bits per heavy atom. The predicted molar refractivity (Wildman–Crippen MR) is 62.3 cm³/mol. The Morgan fingerprint density at radius 2 is 2.06 bits per heavy atom. The summed E-state index contributed by atoms with van der Waals surface area (Å²) < 4.78 is 0. The Hall–Kier alpha value is -1.13. The van der Waals surface area contributed by atoms with E-state index in [9.17, 15) is 10.2 Å². The average Bonchev–Trinajstić information content (AvgIpc) is 2.30. The molecule has 2 N–H and O–H groups in total. The second-order valence-corrected chi connectivity index (χ2v) is 4.34. The highest BCUT2D eigenvalue weighted by atomic mass is 16.3. The van der Waals surface area contributed by atoms with Gasteiger partial charge in [0.25, 0.3) is 0 Å². The molecule has 1 saturated heterocycles. The molecule has 2 rings (SSSR count). The third kappa shape index (κ3) is 2.51. The largest absolute Gasteiger partial charge is 0.393 e. The summed E-state index contributed by atoms with van der Waals surface area (Å²) in [6.07, 6.45) is 2.76. The van der Waals surface area contributed by atoms with Crippen molar-refractivity contribution in [3.63, 3.8) is 0 Å². The fourth-order valence-corrected chi connectivity index (χ4v) is 1.96. The van der Waals surface area contributed by atoms with Crippen LogP contribution in [0.4, 0.5) is 5.69 Å². The molecule has 1 atom stereocenters. The minimum atomic E-state index is -0.516. The second-order valence-electron chi connectivity index (χ2n) is 4.34. The number of piperidine rings is 1. The molecule has 2 heterocycles. The summed E-state index contributed by atoms with van der Waals surface area (Å²) in [7, 11) is 0. The van der Waals surface area contributed by atoms with E-state index in [0.29, 0.717) is 5.69 Å². The first-order chi connectivity index (χ1) is 7.66. The van der Waals surface area contributed by atoms with Crippen molar-refractivity contribution in [3.05, 3.63) is 24.0 Å². The van der Waals surface area contributed by atoms with Gasteiger partial charge in [-0.05, 0) is 31.9 Å². The zero-order chi connectivity index (χ0) is 11.5. The lowest BCUT2D eigenvalue weighted by molar-refractivity contribution is 0.145. The Morgan fingerprint density at radius 3 is 2.56 bits per heavy atom. The van der Waals surface area contributed by atoms with Crippen molar-refractivity contribution < 1.29 is 10.2 Å². The zero-order valence-corrected chi connectivity index (χ0v) is 9.50. The molecular weight excluding hydrogens is 204 g/mol. The molecule has 88 valence electrons. The molecule has 0 saturated carbocycles. The molecular formula is C12H18N2O2. The summed E-state index contributed by atoms with van der Waals surface area (Å²) in [5.74, 6) is 0. The van der Waals surface area contributed by atoms with Gasteiger partial charge in [0, 0.05) is 13.1 Å². The van der Waals surface area contributed by atoms with Gasteiger partial charge in [-0.2, -0.15) is 0 Å². The maximum atomic E-state index is 9.42. The van der Waals surface area contributed by atoms with Crippen LogP contribution in [0.1, 0.15) is 31.6 Å². The summed E-state index contributed by atoms with van der Waals surface area (Å²) in [6, 6.07) is 3.83. The van der Waals surface area contributed by atoms with Gasteiger partial charge < -0.3 is 15.1 Å². The van der Waals surface area contributed by atoms with Crippen molar-refractivity contribution in [2.45, 2.75) is 32.0 Å². The van der Waals surface area contributed by atoms with Gasteiger partial charge in [-0.25, -0.2) is 0 Å². The third-order valence-corrected chi connectivity index (χ3v) is 3.03. The fourth-order valence-electron chi connectivity index (χ4n) is 1.96. The van der Waals surface area contributed by atoms with E-state index in [1.54, 1.807) is 13.1 Å². The normalized spacial score (nSPS) is 19.8. The van der Waals surface area contributed by atoms with Crippen LogP contribution in [0.15, 0.2) is 18.3 Å². The second kappa shape index (κ2) is 4.80. The Kier molecular flexibility index (Phi) is 3.41. The van der Waals surface area contributed by atoms with Crippen LogP contribution in [0.25, 0.3) is 0 Å². The molecule has 0 amide bonds. The number of aliphatic hydroxyl groups excluding tert-OH is 2. The van der Waals surface area contributed by atoms with E-state index >= 15 is 0 Å². The van der Waals surface area contributed by atoms with Gasteiger partial charge in [0.05, 0.1) is 29.8 Å². The van der Waals surface area contributed by atoms with Crippen molar-refractivity contribution in [1.82, 2.24) is 4.98 Å². The van der Waals surface area contributed by atoms with Gasteiger partial charge >= 0.3 is 0 Å². The van der Waals surface area contributed by atoms with E-state index in [2.05, 4.69) is 9.88 Å². The van der Waals surface area contributed by atoms with Crippen LogP contribution in [0.3, 0.4) is 0 Å². The Bertz CT molecular complexity index is 329. The number of hydrogen-bond acceptors (Lipinski definition) is 4. The molecule has 1 aromatic heterocycles. The summed E-state index contributed by atoms with van der Waals surface area (Å²) >= 11 is 0. The number of hydrogen-bond donors (Lipinski definition) is 2. The van der Waals surface area contributed by atoms with E-state index in [0.717, 1.165) is 31.6 Å². The van der Waals surface area contributed by atoms with Gasteiger partial charge in [-0.3, -0.25) is 4.98 Å². The first kappa shape index (κ1) is 11.4. The number of pyridine rings is 1. The number of rotatable bonds is 2. The van der Waals surface area contributed by atoms with E-state index in [1.807, 2.05) is 12.1 Å². The predicted octanol–water partition coefficient (Wildman–Crippen LogP) is 1.10. The standard InChI is InChI=1S/C12H18N2O2/c1-9(15)12-3-2-10(8-13-12)14-6-4-11(16)5-7-14/h2-3,8-9,11,15-16H,4-7H2,1H3/t9-/m1/s1. The average molecular weight is 222 g/mol. The highest BCUT2D eigenvalue weighted by molar-refractivity contribution is 5.45. The van der Waals surface area contributed by atoms with E-state index < -0.39 is 6.10 Å². The molecule has 1 aliphatic heterocycles. The maximum absolute atomic E-state index is 9.42. The van der Waals surface area contributed by atoms with Crippen LogP contribution < -0.4 is 4.90 Å². The molecule has 1 fully saturated rings. The Labute approximate surface area is 95.5 Å². The third-order valence-electron chi connectivity index (χ3n) is 3.03. The molecule has 16 heavy (non-hydrogen) atoms. The molecule has 1 aliphatic rings. The lowest BCUT2D eigenvalue weighted by Gasteiger charge is -2.31. The number of aliphatic hydroxyl groups is 2. The van der Waals surface area contributed by atoms with Crippen LogP contribution in [0, 0.1) is 0 Å². The molecule has 0 spiro atoms. The summed E-state index contributed by atoms with van der Waals surface area (Å²) in [5.41, 5.74) is 1.76. The van der Waals surface area contributed by atoms with Gasteiger partial charge in [0.1, 0.15) is 0 Å². The Balaban J connectivity index is 2.04. The molecule has 0 aromatic carbocycles. The molecule has 0 radical (unpaired) electrons.